The molecule has 0 aromatic heterocycles. The lowest BCUT2D eigenvalue weighted by atomic mass is 9.64. The Labute approximate surface area is 115 Å². The summed E-state index contributed by atoms with van der Waals surface area (Å²) in [4.78, 5) is 0. The quantitative estimate of drug-likeness (QED) is 0.840. The van der Waals surface area contributed by atoms with Crippen LogP contribution in [0.2, 0.25) is 5.02 Å². The maximum absolute atomic E-state index is 10.4. The number of hydrogen-bond donors (Lipinski definition) is 1. The van der Waals surface area contributed by atoms with Crippen molar-refractivity contribution in [3.8, 4) is 0 Å². The summed E-state index contributed by atoms with van der Waals surface area (Å²) in [6, 6.07) is 8.02. The van der Waals surface area contributed by atoms with E-state index in [0.717, 1.165) is 23.4 Å². The molecule has 1 nitrogen and oxygen atoms in total. The van der Waals surface area contributed by atoms with Crippen LogP contribution >= 0.6 is 11.6 Å². The van der Waals surface area contributed by atoms with E-state index >= 15 is 0 Å². The largest absolute Gasteiger partial charge is 0.393 e. The van der Waals surface area contributed by atoms with Crippen molar-refractivity contribution in [2.75, 3.05) is 0 Å². The van der Waals surface area contributed by atoms with Gasteiger partial charge in [-0.15, -0.1) is 0 Å². The van der Waals surface area contributed by atoms with Crippen LogP contribution in [0.5, 0.6) is 0 Å². The van der Waals surface area contributed by atoms with Crippen molar-refractivity contribution in [2.24, 2.45) is 11.8 Å². The molecule has 1 aromatic rings. The van der Waals surface area contributed by atoms with Crippen LogP contribution in [0.1, 0.15) is 45.6 Å². The fourth-order valence-corrected chi connectivity index (χ4v) is 3.76. The second-order valence-corrected chi connectivity index (χ2v) is 6.70. The maximum Gasteiger partial charge on any atom is 0.0579 e. The average molecular weight is 267 g/mol. The molecule has 1 aliphatic rings. The van der Waals surface area contributed by atoms with Gasteiger partial charge in [0.2, 0.25) is 0 Å². The summed E-state index contributed by atoms with van der Waals surface area (Å²) in [5, 5.41) is 11.2. The second-order valence-electron chi connectivity index (χ2n) is 6.29. The zero-order valence-electron chi connectivity index (χ0n) is 11.5. The second kappa shape index (κ2) is 5.22. The van der Waals surface area contributed by atoms with Gasteiger partial charge in [-0.25, -0.2) is 0 Å². The van der Waals surface area contributed by atoms with Crippen molar-refractivity contribution in [3.63, 3.8) is 0 Å². The fourth-order valence-electron chi connectivity index (χ4n) is 3.38. The first kappa shape index (κ1) is 13.9. The molecular weight excluding hydrogens is 244 g/mol. The first-order chi connectivity index (χ1) is 8.43. The molecule has 0 saturated heterocycles. The SMILES string of the molecule is CC1CCC(C(C)(C)c2ccccc2Cl)C(O)C1. The lowest BCUT2D eigenvalue weighted by molar-refractivity contribution is 0.0144. The lowest BCUT2D eigenvalue weighted by Gasteiger charge is -2.42. The van der Waals surface area contributed by atoms with Gasteiger partial charge in [-0.1, -0.05) is 57.0 Å². The van der Waals surface area contributed by atoms with Crippen LogP contribution < -0.4 is 0 Å². The smallest absolute Gasteiger partial charge is 0.0579 e. The van der Waals surface area contributed by atoms with Gasteiger partial charge in [0.15, 0.2) is 0 Å². The van der Waals surface area contributed by atoms with Crippen LogP contribution in [0.4, 0.5) is 0 Å². The van der Waals surface area contributed by atoms with Crippen molar-refractivity contribution >= 4 is 11.6 Å². The standard InChI is InChI=1S/C16H23ClO/c1-11-8-9-13(15(18)10-11)16(2,3)12-6-4-5-7-14(12)17/h4-7,11,13,15,18H,8-10H2,1-3H3. The van der Waals surface area contributed by atoms with E-state index in [1.807, 2.05) is 18.2 Å². The van der Waals surface area contributed by atoms with Crippen molar-refractivity contribution in [3.05, 3.63) is 34.9 Å². The van der Waals surface area contributed by atoms with Gasteiger partial charge in [-0.05, 0) is 41.7 Å². The van der Waals surface area contributed by atoms with Gasteiger partial charge < -0.3 is 5.11 Å². The zero-order chi connectivity index (χ0) is 13.3. The number of aliphatic hydroxyl groups is 1. The molecule has 1 saturated carbocycles. The molecule has 18 heavy (non-hydrogen) atoms. The van der Waals surface area contributed by atoms with E-state index in [-0.39, 0.29) is 11.5 Å². The Morgan fingerprint density at radius 2 is 1.89 bits per heavy atom. The maximum atomic E-state index is 10.4. The topological polar surface area (TPSA) is 20.2 Å². The molecule has 1 aliphatic carbocycles. The monoisotopic (exact) mass is 266 g/mol. The highest BCUT2D eigenvalue weighted by Gasteiger charge is 2.39. The molecule has 0 aliphatic heterocycles. The Balaban J connectivity index is 2.28. The van der Waals surface area contributed by atoms with E-state index in [4.69, 9.17) is 11.6 Å². The molecule has 1 fully saturated rings. The van der Waals surface area contributed by atoms with Gasteiger partial charge in [-0.3, -0.25) is 0 Å². The Morgan fingerprint density at radius 3 is 2.50 bits per heavy atom. The molecule has 0 bridgehead atoms. The number of halogens is 1. The Hall–Kier alpha value is -0.530. The summed E-state index contributed by atoms with van der Waals surface area (Å²) in [5.74, 6) is 0.937. The molecule has 2 heteroatoms. The third kappa shape index (κ3) is 2.57. The van der Waals surface area contributed by atoms with E-state index in [1.165, 1.54) is 6.42 Å². The minimum Gasteiger partial charge on any atom is -0.393 e. The molecule has 2 rings (SSSR count). The van der Waals surface area contributed by atoms with Crippen LogP contribution in [-0.4, -0.2) is 11.2 Å². The molecule has 3 unspecified atom stereocenters. The molecule has 0 spiro atoms. The third-order valence-corrected chi connectivity index (χ3v) is 4.90. The van der Waals surface area contributed by atoms with Gasteiger partial charge in [-0.2, -0.15) is 0 Å². The Kier molecular flexibility index (Phi) is 4.03. The molecule has 0 radical (unpaired) electrons. The molecular formula is C16H23ClO. The van der Waals surface area contributed by atoms with Gasteiger partial charge in [0.1, 0.15) is 0 Å². The summed E-state index contributed by atoms with van der Waals surface area (Å²) in [6.45, 7) is 6.64. The summed E-state index contributed by atoms with van der Waals surface area (Å²) in [7, 11) is 0. The van der Waals surface area contributed by atoms with Gasteiger partial charge in [0, 0.05) is 5.02 Å². The predicted molar refractivity (Wildman–Crippen MR) is 77.0 cm³/mol. The molecule has 0 amide bonds. The van der Waals surface area contributed by atoms with Crippen molar-refractivity contribution in [2.45, 2.75) is 51.6 Å². The molecule has 1 aromatic carbocycles. The van der Waals surface area contributed by atoms with Crippen LogP contribution in [-0.2, 0) is 5.41 Å². The Bertz CT molecular complexity index is 413. The highest BCUT2D eigenvalue weighted by molar-refractivity contribution is 6.31. The van der Waals surface area contributed by atoms with Crippen LogP contribution in [0, 0.1) is 11.8 Å². The molecule has 3 atom stereocenters. The van der Waals surface area contributed by atoms with Gasteiger partial charge in [0.25, 0.3) is 0 Å². The van der Waals surface area contributed by atoms with Crippen LogP contribution in [0.3, 0.4) is 0 Å². The Morgan fingerprint density at radius 1 is 1.22 bits per heavy atom. The van der Waals surface area contributed by atoms with Crippen molar-refractivity contribution < 1.29 is 5.11 Å². The number of benzene rings is 1. The van der Waals surface area contributed by atoms with Crippen LogP contribution in [0.25, 0.3) is 0 Å². The fraction of sp³-hybridized carbons (Fsp3) is 0.625. The number of aliphatic hydroxyl groups excluding tert-OH is 1. The highest BCUT2D eigenvalue weighted by atomic mass is 35.5. The average Bonchev–Trinajstić information content (AvgIpc) is 2.28. The van der Waals surface area contributed by atoms with E-state index < -0.39 is 0 Å². The van der Waals surface area contributed by atoms with E-state index in [9.17, 15) is 5.11 Å². The summed E-state index contributed by atoms with van der Waals surface area (Å²) < 4.78 is 0. The lowest BCUT2D eigenvalue weighted by Crippen LogP contribution is -2.41. The molecule has 0 heterocycles. The van der Waals surface area contributed by atoms with Crippen LogP contribution in [0.15, 0.2) is 24.3 Å². The third-order valence-electron chi connectivity index (χ3n) is 4.57. The number of rotatable bonds is 2. The van der Waals surface area contributed by atoms with Crippen molar-refractivity contribution in [1.82, 2.24) is 0 Å². The minimum atomic E-state index is -0.208. The van der Waals surface area contributed by atoms with E-state index in [2.05, 4.69) is 26.8 Å². The first-order valence-electron chi connectivity index (χ1n) is 6.86. The highest BCUT2D eigenvalue weighted by Crippen LogP contribution is 2.44. The summed E-state index contributed by atoms with van der Waals surface area (Å²) in [6.07, 6.45) is 2.99. The minimum absolute atomic E-state index is 0.0715. The number of hydrogen-bond acceptors (Lipinski definition) is 1. The van der Waals surface area contributed by atoms with E-state index in [1.54, 1.807) is 0 Å². The summed E-state index contributed by atoms with van der Waals surface area (Å²) in [5.41, 5.74) is 1.09. The van der Waals surface area contributed by atoms with Gasteiger partial charge >= 0.3 is 0 Å². The summed E-state index contributed by atoms with van der Waals surface area (Å²) >= 11 is 6.32. The first-order valence-corrected chi connectivity index (χ1v) is 7.23. The van der Waals surface area contributed by atoms with E-state index in [0.29, 0.717) is 11.8 Å². The normalized spacial score (nSPS) is 29.3. The van der Waals surface area contributed by atoms with Crippen molar-refractivity contribution in [1.29, 1.82) is 0 Å². The van der Waals surface area contributed by atoms with Gasteiger partial charge in [0.05, 0.1) is 6.10 Å². The molecule has 1 N–H and O–H groups in total. The zero-order valence-corrected chi connectivity index (χ0v) is 12.2. The molecule has 100 valence electrons. The predicted octanol–water partition coefficient (Wildman–Crippen LogP) is 4.41.